The van der Waals surface area contributed by atoms with Gasteiger partial charge in [-0.1, -0.05) is 42.5 Å². The molecule has 4 nitrogen and oxygen atoms in total. The van der Waals surface area contributed by atoms with Gasteiger partial charge in [-0.25, -0.2) is 0 Å². The number of aryl methyl sites for hydroxylation is 1. The maximum absolute atomic E-state index is 12.3. The van der Waals surface area contributed by atoms with E-state index in [0.29, 0.717) is 12.5 Å². The molecule has 0 saturated heterocycles. The first-order valence-corrected chi connectivity index (χ1v) is 8.44. The van der Waals surface area contributed by atoms with Gasteiger partial charge in [0.25, 0.3) is 0 Å². The van der Waals surface area contributed by atoms with Crippen molar-refractivity contribution in [2.24, 2.45) is 11.7 Å². The van der Waals surface area contributed by atoms with Gasteiger partial charge in [0.2, 0.25) is 5.91 Å². The fourth-order valence-corrected chi connectivity index (χ4v) is 2.54. The molecule has 1 aliphatic carbocycles. The predicted octanol–water partition coefficient (Wildman–Crippen LogP) is 3.52. The molecule has 0 aromatic heterocycles. The van der Waals surface area contributed by atoms with Crippen molar-refractivity contribution in [1.82, 2.24) is 5.32 Å². The minimum absolute atomic E-state index is 0. The van der Waals surface area contributed by atoms with E-state index in [1.54, 1.807) is 0 Å². The predicted molar refractivity (Wildman–Crippen MR) is 102 cm³/mol. The van der Waals surface area contributed by atoms with Crippen LogP contribution in [0.3, 0.4) is 0 Å². The minimum atomic E-state index is -0.660. The Bertz CT molecular complexity index is 702. The molecular weight excluding hydrogens is 336 g/mol. The van der Waals surface area contributed by atoms with Crippen LogP contribution in [0.25, 0.3) is 0 Å². The monoisotopic (exact) mass is 360 g/mol. The Balaban J connectivity index is 0.00000225. The number of carbonyl (C=O) groups is 1. The topological polar surface area (TPSA) is 64.4 Å². The molecule has 0 radical (unpaired) electrons. The van der Waals surface area contributed by atoms with Gasteiger partial charge in [-0.2, -0.15) is 0 Å². The Labute approximate surface area is 155 Å². The van der Waals surface area contributed by atoms with E-state index in [1.807, 2.05) is 55.5 Å². The molecule has 0 aliphatic heterocycles. The molecule has 1 fully saturated rings. The van der Waals surface area contributed by atoms with Gasteiger partial charge < -0.3 is 15.8 Å². The number of hydrogen-bond acceptors (Lipinski definition) is 3. The smallest absolute Gasteiger partial charge is 0.241 e. The van der Waals surface area contributed by atoms with Crippen LogP contribution in [0.15, 0.2) is 48.5 Å². The summed E-state index contributed by atoms with van der Waals surface area (Å²) in [4.78, 5) is 12.3. The van der Waals surface area contributed by atoms with Gasteiger partial charge in [0.05, 0.1) is 6.61 Å². The van der Waals surface area contributed by atoms with Crippen LogP contribution in [0.4, 0.5) is 0 Å². The largest absolute Gasteiger partial charge is 0.493 e. The van der Waals surface area contributed by atoms with Crippen molar-refractivity contribution >= 4 is 18.3 Å². The Kier molecular flexibility index (Phi) is 6.85. The van der Waals surface area contributed by atoms with Crippen LogP contribution in [-0.4, -0.2) is 12.5 Å². The van der Waals surface area contributed by atoms with Gasteiger partial charge in [-0.05, 0) is 42.9 Å². The van der Waals surface area contributed by atoms with Crippen LogP contribution >= 0.6 is 12.4 Å². The third-order valence-electron chi connectivity index (χ3n) is 4.29. The third-order valence-corrected chi connectivity index (χ3v) is 4.29. The number of rotatable bonds is 7. The molecule has 0 bridgehead atoms. The molecule has 134 valence electrons. The second-order valence-electron chi connectivity index (χ2n) is 6.47. The molecule has 3 N–H and O–H groups in total. The molecule has 1 unspecified atom stereocenters. The van der Waals surface area contributed by atoms with Crippen LogP contribution in [-0.2, 0) is 11.3 Å². The van der Waals surface area contributed by atoms with E-state index in [0.717, 1.165) is 29.0 Å². The van der Waals surface area contributed by atoms with Gasteiger partial charge in [-0.15, -0.1) is 12.4 Å². The maximum atomic E-state index is 12.3. The highest BCUT2D eigenvalue weighted by molar-refractivity contribution is 5.85. The molecule has 3 rings (SSSR count). The lowest BCUT2D eigenvalue weighted by atomic mass is 10.1. The number of benzene rings is 2. The van der Waals surface area contributed by atoms with Gasteiger partial charge in [-0.3, -0.25) is 4.79 Å². The van der Waals surface area contributed by atoms with E-state index in [1.165, 1.54) is 12.8 Å². The van der Waals surface area contributed by atoms with Crippen LogP contribution in [0, 0.1) is 12.8 Å². The molecule has 2 aromatic carbocycles. The highest BCUT2D eigenvalue weighted by Crippen LogP contribution is 2.30. The highest BCUT2D eigenvalue weighted by Gasteiger charge is 2.22. The number of amides is 1. The van der Waals surface area contributed by atoms with E-state index in [2.05, 4.69) is 5.32 Å². The first kappa shape index (κ1) is 19.3. The van der Waals surface area contributed by atoms with Crippen LogP contribution in [0.2, 0.25) is 0 Å². The summed E-state index contributed by atoms with van der Waals surface area (Å²) in [6.07, 6.45) is 2.51. The minimum Gasteiger partial charge on any atom is -0.493 e. The first-order chi connectivity index (χ1) is 11.6. The molecule has 1 aliphatic rings. The van der Waals surface area contributed by atoms with Crippen molar-refractivity contribution in [3.05, 3.63) is 65.2 Å². The summed E-state index contributed by atoms with van der Waals surface area (Å²) >= 11 is 0. The highest BCUT2D eigenvalue weighted by atomic mass is 35.5. The standard InChI is InChI=1S/C20H24N2O2.ClH/c1-14-7-10-17(18(11-14)24-13-15-8-9-15)12-22-20(23)19(21)16-5-3-2-4-6-16;/h2-7,10-11,15,19H,8-9,12-13,21H2,1H3,(H,22,23);1H. The first-order valence-electron chi connectivity index (χ1n) is 8.44. The number of carbonyl (C=O) groups excluding carboxylic acids is 1. The zero-order chi connectivity index (χ0) is 16.9. The fraction of sp³-hybridized carbons (Fsp3) is 0.350. The van der Waals surface area contributed by atoms with Crippen molar-refractivity contribution < 1.29 is 9.53 Å². The Morgan fingerprint density at radius 2 is 1.96 bits per heavy atom. The van der Waals surface area contributed by atoms with Crippen molar-refractivity contribution in [3.63, 3.8) is 0 Å². The average molecular weight is 361 g/mol. The summed E-state index contributed by atoms with van der Waals surface area (Å²) in [5, 5.41) is 2.92. The SMILES string of the molecule is Cc1ccc(CNC(=O)C(N)c2ccccc2)c(OCC2CC2)c1.Cl. The van der Waals surface area contributed by atoms with Crippen LogP contribution in [0.5, 0.6) is 5.75 Å². The van der Waals surface area contributed by atoms with Gasteiger partial charge in [0, 0.05) is 12.1 Å². The van der Waals surface area contributed by atoms with Gasteiger partial charge in [0.1, 0.15) is 11.8 Å². The lowest BCUT2D eigenvalue weighted by Crippen LogP contribution is -2.33. The molecule has 25 heavy (non-hydrogen) atoms. The number of ether oxygens (including phenoxy) is 1. The van der Waals surface area contributed by atoms with Crippen molar-refractivity contribution in [2.75, 3.05) is 6.61 Å². The molecule has 0 spiro atoms. The Morgan fingerprint density at radius 1 is 1.24 bits per heavy atom. The zero-order valence-corrected chi connectivity index (χ0v) is 15.2. The quantitative estimate of drug-likeness (QED) is 0.794. The molecule has 2 aromatic rings. The van der Waals surface area contributed by atoms with Crippen LogP contribution in [0.1, 0.15) is 35.6 Å². The summed E-state index contributed by atoms with van der Waals surface area (Å²) in [6, 6.07) is 14.8. The fourth-order valence-electron chi connectivity index (χ4n) is 2.54. The molecular formula is C20H25ClN2O2. The number of nitrogens with one attached hydrogen (secondary N) is 1. The Hall–Kier alpha value is -2.04. The average Bonchev–Trinajstić information content (AvgIpc) is 3.43. The molecule has 1 atom stereocenters. The van der Waals surface area contributed by atoms with E-state index in [9.17, 15) is 4.79 Å². The Morgan fingerprint density at radius 3 is 2.64 bits per heavy atom. The van der Waals surface area contributed by atoms with Crippen molar-refractivity contribution in [2.45, 2.75) is 32.4 Å². The zero-order valence-electron chi connectivity index (χ0n) is 14.4. The normalized spacial score (nSPS) is 14.3. The van der Waals surface area contributed by atoms with Gasteiger partial charge in [0.15, 0.2) is 0 Å². The van der Waals surface area contributed by atoms with Gasteiger partial charge >= 0.3 is 0 Å². The molecule has 1 saturated carbocycles. The van der Waals surface area contributed by atoms with Crippen molar-refractivity contribution in [1.29, 1.82) is 0 Å². The summed E-state index contributed by atoms with van der Waals surface area (Å²) in [5.74, 6) is 1.37. The summed E-state index contributed by atoms with van der Waals surface area (Å²) in [5.41, 5.74) is 8.97. The lowest BCUT2D eigenvalue weighted by Gasteiger charge is -2.15. The second-order valence-corrected chi connectivity index (χ2v) is 6.47. The van der Waals surface area contributed by atoms with Crippen molar-refractivity contribution in [3.8, 4) is 5.75 Å². The number of hydrogen-bond donors (Lipinski definition) is 2. The second kappa shape index (κ2) is 8.88. The summed E-state index contributed by atoms with van der Waals surface area (Å²) in [7, 11) is 0. The number of nitrogens with two attached hydrogens (primary N) is 1. The summed E-state index contributed by atoms with van der Waals surface area (Å²) < 4.78 is 5.94. The lowest BCUT2D eigenvalue weighted by molar-refractivity contribution is -0.122. The molecule has 1 amide bonds. The number of halogens is 1. The molecule has 0 heterocycles. The summed E-state index contributed by atoms with van der Waals surface area (Å²) in [6.45, 7) is 3.21. The maximum Gasteiger partial charge on any atom is 0.241 e. The van der Waals surface area contributed by atoms with E-state index in [4.69, 9.17) is 10.5 Å². The molecule has 5 heteroatoms. The third kappa shape index (κ3) is 5.48. The van der Waals surface area contributed by atoms with Crippen LogP contribution < -0.4 is 15.8 Å². The van der Waals surface area contributed by atoms with E-state index in [-0.39, 0.29) is 18.3 Å². The van der Waals surface area contributed by atoms with E-state index < -0.39 is 6.04 Å². The van der Waals surface area contributed by atoms with E-state index >= 15 is 0 Å².